The van der Waals surface area contributed by atoms with Crippen molar-refractivity contribution in [3.05, 3.63) is 74.9 Å². The molecule has 2 aromatic carbocycles. The second-order valence-electron chi connectivity index (χ2n) is 7.12. The second-order valence-corrected chi connectivity index (χ2v) is 8.32. The summed E-state index contributed by atoms with van der Waals surface area (Å²) in [5, 5.41) is 4.54. The molecule has 1 aliphatic rings. The van der Waals surface area contributed by atoms with Crippen LogP contribution in [-0.2, 0) is 0 Å². The molecule has 2 aromatic rings. The van der Waals surface area contributed by atoms with Gasteiger partial charge in [-0.05, 0) is 50.7 Å². The number of carbonyl (C=O) groups is 1. The van der Waals surface area contributed by atoms with E-state index in [9.17, 15) is 4.79 Å². The monoisotopic (exact) mass is 448 g/mol. The fourth-order valence-electron chi connectivity index (χ4n) is 3.22. The summed E-state index contributed by atoms with van der Waals surface area (Å²) in [6, 6.07) is 12.2. The van der Waals surface area contributed by atoms with Crippen LogP contribution in [-0.4, -0.2) is 28.9 Å². The van der Waals surface area contributed by atoms with E-state index in [0.29, 0.717) is 32.0 Å². The number of halogens is 2. The third kappa shape index (κ3) is 4.42. The van der Waals surface area contributed by atoms with Gasteiger partial charge in [0.1, 0.15) is 0 Å². The third-order valence-electron chi connectivity index (χ3n) is 4.74. The van der Waals surface area contributed by atoms with Gasteiger partial charge >= 0.3 is 0 Å². The number of hydrogen-bond donors (Lipinski definition) is 1. The van der Waals surface area contributed by atoms with Crippen LogP contribution in [0.25, 0.3) is 0 Å². The van der Waals surface area contributed by atoms with E-state index in [1.807, 2.05) is 46.0 Å². The van der Waals surface area contributed by atoms with Gasteiger partial charge in [-0.15, -0.1) is 0 Å². The van der Waals surface area contributed by atoms with Crippen molar-refractivity contribution >= 4 is 46.3 Å². The van der Waals surface area contributed by atoms with Gasteiger partial charge in [-0.2, -0.15) is 0 Å². The van der Waals surface area contributed by atoms with Crippen LogP contribution in [0.4, 0.5) is 0 Å². The van der Waals surface area contributed by atoms with E-state index < -0.39 is 6.04 Å². The Hall–Kier alpha value is -2.08. The number of benzene rings is 2. The van der Waals surface area contributed by atoms with Gasteiger partial charge in [-0.1, -0.05) is 53.5 Å². The molecule has 4 nitrogen and oxygen atoms in total. The van der Waals surface area contributed by atoms with Gasteiger partial charge in [-0.3, -0.25) is 4.79 Å². The van der Waals surface area contributed by atoms with E-state index in [2.05, 4.69) is 5.32 Å². The lowest BCUT2D eigenvalue weighted by Gasteiger charge is -2.36. The van der Waals surface area contributed by atoms with Crippen LogP contribution >= 0.6 is 35.4 Å². The molecular formula is C22H22Cl2N2O2S. The number of allylic oxidation sites excluding steroid dienone is 1. The number of thiocarbonyl (C=S) groups is 1. The average Bonchev–Trinajstić information content (AvgIpc) is 2.68. The number of rotatable bonds is 5. The number of carbonyl (C=O) groups excluding carboxylic acids is 1. The van der Waals surface area contributed by atoms with Crippen molar-refractivity contribution in [3.8, 4) is 5.75 Å². The topological polar surface area (TPSA) is 41.6 Å². The predicted octanol–water partition coefficient (Wildman–Crippen LogP) is 5.80. The molecule has 1 aliphatic heterocycles. The summed E-state index contributed by atoms with van der Waals surface area (Å²) in [5.41, 5.74) is 2.72. The summed E-state index contributed by atoms with van der Waals surface area (Å²) in [6.07, 6.45) is -0.0674. The Morgan fingerprint density at radius 2 is 1.76 bits per heavy atom. The fraction of sp³-hybridized carbons (Fsp3) is 0.273. The first-order chi connectivity index (χ1) is 13.7. The molecule has 1 N–H and O–H groups in total. The Bertz CT molecular complexity index is 967. The molecule has 0 radical (unpaired) electrons. The number of ether oxygens (including phenoxy) is 1. The van der Waals surface area contributed by atoms with Crippen molar-refractivity contribution in [3.63, 3.8) is 0 Å². The average molecular weight is 449 g/mol. The minimum atomic E-state index is -0.477. The Balaban J connectivity index is 2.11. The van der Waals surface area contributed by atoms with Gasteiger partial charge in [0.15, 0.2) is 16.6 Å². The summed E-state index contributed by atoms with van der Waals surface area (Å²) in [6.45, 7) is 5.69. The molecule has 0 saturated carbocycles. The summed E-state index contributed by atoms with van der Waals surface area (Å²) < 4.78 is 5.72. The maximum atomic E-state index is 13.4. The van der Waals surface area contributed by atoms with E-state index in [1.54, 1.807) is 29.2 Å². The zero-order valence-electron chi connectivity index (χ0n) is 16.6. The lowest BCUT2D eigenvalue weighted by Crippen LogP contribution is -2.45. The highest BCUT2D eigenvalue weighted by molar-refractivity contribution is 7.80. The quantitative estimate of drug-likeness (QED) is 0.462. The van der Waals surface area contributed by atoms with Crippen molar-refractivity contribution in [2.24, 2.45) is 0 Å². The van der Waals surface area contributed by atoms with Crippen LogP contribution in [0.3, 0.4) is 0 Å². The lowest BCUT2D eigenvalue weighted by molar-refractivity contribution is 0.102. The van der Waals surface area contributed by atoms with Crippen LogP contribution in [0.15, 0.2) is 53.7 Å². The van der Waals surface area contributed by atoms with E-state index in [-0.39, 0.29) is 11.9 Å². The number of hydrogen-bond acceptors (Lipinski definition) is 3. The minimum absolute atomic E-state index is 0.0674. The largest absolute Gasteiger partial charge is 0.488 e. The van der Waals surface area contributed by atoms with Crippen LogP contribution in [0, 0.1) is 0 Å². The highest BCUT2D eigenvalue weighted by atomic mass is 35.5. The molecule has 3 rings (SSSR count). The van der Waals surface area contributed by atoms with E-state index >= 15 is 0 Å². The fourth-order valence-corrected chi connectivity index (χ4v) is 4.07. The predicted molar refractivity (Wildman–Crippen MR) is 122 cm³/mol. The van der Waals surface area contributed by atoms with Gasteiger partial charge < -0.3 is 15.0 Å². The van der Waals surface area contributed by atoms with Gasteiger partial charge in [0, 0.05) is 23.9 Å². The summed E-state index contributed by atoms with van der Waals surface area (Å²) in [4.78, 5) is 15.2. The normalized spacial score (nSPS) is 16.9. The molecule has 152 valence electrons. The van der Waals surface area contributed by atoms with Crippen molar-refractivity contribution in [2.45, 2.75) is 32.9 Å². The maximum absolute atomic E-state index is 13.4. The van der Waals surface area contributed by atoms with Crippen molar-refractivity contribution in [1.29, 1.82) is 0 Å². The molecule has 0 spiro atoms. The molecule has 0 bridgehead atoms. The molecule has 0 amide bonds. The van der Waals surface area contributed by atoms with Crippen LogP contribution in [0.5, 0.6) is 5.75 Å². The van der Waals surface area contributed by atoms with Gasteiger partial charge in [0.05, 0.1) is 22.2 Å². The number of nitrogens with one attached hydrogen (secondary N) is 1. The Morgan fingerprint density at radius 1 is 1.17 bits per heavy atom. The summed E-state index contributed by atoms with van der Waals surface area (Å²) in [5.74, 6) is 0.351. The zero-order valence-corrected chi connectivity index (χ0v) is 19.0. The molecule has 1 atom stereocenters. The van der Waals surface area contributed by atoms with Gasteiger partial charge in [0.25, 0.3) is 0 Å². The molecule has 1 heterocycles. The van der Waals surface area contributed by atoms with Crippen LogP contribution in [0.2, 0.25) is 10.0 Å². The molecule has 0 aliphatic carbocycles. The third-order valence-corrected chi connectivity index (χ3v) is 5.70. The van der Waals surface area contributed by atoms with E-state index in [0.717, 1.165) is 11.3 Å². The molecule has 7 heteroatoms. The zero-order chi connectivity index (χ0) is 21.3. The van der Waals surface area contributed by atoms with Crippen LogP contribution in [0.1, 0.15) is 42.7 Å². The van der Waals surface area contributed by atoms with E-state index in [4.69, 9.17) is 40.2 Å². The molecule has 29 heavy (non-hydrogen) atoms. The molecule has 1 unspecified atom stereocenters. The lowest BCUT2D eigenvalue weighted by atomic mass is 9.89. The second kappa shape index (κ2) is 8.74. The molecular weight excluding hydrogens is 427 g/mol. The highest BCUT2D eigenvalue weighted by Crippen LogP contribution is 2.40. The standard InChI is InChI=1S/C22H22Cl2N2O2S/c1-12(2)28-21-16(23)10-15(11-17(21)24)19-18(13(3)26(4)22(29)25-19)20(27)14-8-6-5-7-9-14/h5-12,19H,1-4H3,(H,25,29). The van der Waals surface area contributed by atoms with Crippen molar-refractivity contribution < 1.29 is 9.53 Å². The van der Waals surface area contributed by atoms with Crippen LogP contribution < -0.4 is 10.1 Å². The van der Waals surface area contributed by atoms with Crippen molar-refractivity contribution in [2.75, 3.05) is 7.05 Å². The number of Topliss-reactive ketones (excluding diaryl/α,β-unsaturated/α-hetero) is 1. The first kappa shape index (κ1) is 21.6. The minimum Gasteiger partial charge on any atom is -0.488 e. The molecule has 0 saturated heterocycles. The van der Waals surface area contributed by atoms with Gasteiger partial charge in [0.2, 0.25) is 0 Å². The van der Waals surface area contributed by atoms with Crippen molar-refractivity contribution in [1.82, 2.24) is 10.2 Å². The summed E-state index contributed by atoms with van der Waals surface area (Å²) >= 11 is 18.4. The van der Waals surface area contributed by atoms with E-state index in [1.165, 1.54) is 0 Å². The number of ketones is 1. The summed E-state index contributed by atoms with van der Waals surface area (Å²) in [7, 11) is 1.83. The maximum Gasteiger partial charge on any atom is 0.193 e. The smallest absolute Gasteiger partial charge is 0.193 e. The Kier molecular flexibility index (Phi) is 6.52. The SMILES string of the molecule is CC1=C(C(=O)c2ccccc2)C(c2cc(Cl)c(OC(C)C)c(Cl)c2)NC(=S)N1C. The van der Waals surface area contributed by atoms with Gasteiger partial charge in [-0.25, -0.2) is 0 Å². The molecule has 0 fully saturated rings. The number of nitrogens with zero attached hydrogens (tertiary/aromatic N) is 1. The first-order valence-corrected chi connectivity index (χ1v) is 10.4. The Morgan fingerprint density at radius 3 is 2.31 bits per heavy atom. The molecule has 0 aromatic heterocycles. The highest BCUT2D eigenvalue weighted by Gasteiger charge is 2.33. The Labute approximate surface area is 186 Å². The first-order valence-electron chi connectivity index (χ1n) is 9.21.